The lowest BCUT2D eigenvalue weighted by Crippen LogP contribution is -2.30. The Bertz CT molecular complexity index is 712. The molecule has 0 spiro atoms. The Hall–Kier alpha value is -2.57. The van der Waals surface area contributed by atoms with Gasteiger partial charge in [0.15, 0.2) is 5.76 Å². The van der Waals surface area contributed by atoms with Gasteiger partial charge in [-0.05, 0) is 24.5 Å². The zero-order valence-electron chi connectivity index (χ0n) is 14.3. The topological polar surface area (TPSA) is 88.1 Å². The van der Waals surface area contributed by atoms with Crippen molar-refractivity contribution in [2.24, 2.45) is 10.7 Å². The highest BCUT2D eigenvalue weighted by molar-refractivity contribution is 6.83. The summed E-state index contributed by atoms with van der Waals surface area (Å²) in [7, 11) is -1.75. The number of nitrogens with two attached hydrogens (primary N) is 1. The van der Waals surface area contributed by atoms with Crippen LogP contribution in [0.2, 0.25) is 0 Å². The van der Waals surface area contributed by atoms with Crippen LogP contribution < -0.4 is 5.73 Å². The van der Waals surface area contributed by atoms with Crippen molar-refractivity contribution in [3.63, 3.8) is 0 Å². The molecular formula is C19H23BN2O3. The molecule has 0 aliphatic carbocycles. The molecule has 2 rings (SSSR count). The molecule has 0 saturated carbocycles. The molecule has 130 valence electrons. The van der Waals surface area contributed by atoms with Gasteiger partial charge in [-0.3, -0.25) is 4.99 Å². The fourth-order valence-electron chi connectivity index (χ4n) is 2.34. The minimum Gasteiger partial charge on any atom is -0.486 e. The first-order valence-electron chi connectivity index (χ1n) is 8.15. The van der Waals surface area contributed by atoms with E-state index in [1.165, 1.54) is 0 Å². The molecule has 2 aromatic rings. The van der Waals surface area contributed by atoms with Crippen molar-refractivity contribution < 1.29 is 14.8 Å². The van der Waals surface area contributed by atoms with Crippen molar-refractivity contribution >= 4 is 12.7 Å². The Kier molecular flexibility index (Phi) is 7.25. The van der Waals surface area contributed by atoms with Crippen LogP contribution in [-0.4, -0.2) is 29.3 Å². The Labute approximate surface area is 148 Å². The summed E-state index contributed by atoms with van der Waals surface area (Å²) < 4.78 is 5.72. The molecule has 0 unspecified atom stereocenters. The molecule has 0 aliphatic rings. The van der Waals surface area contributed by atoms with Gasteiger partial charge in [0.1, 0.15) is 12.2 Å². The highest BCUT2D eigenvalue weighted by Gasteiger charge is 2.24. The SMILES string of the molecule is C/C(N)=C(\OCc1ccccc1)C(=NCCc1ccccc1)B(O)O. The monoisotopic (exact) mass is 338 g/mol. The summed E-state index contributed by atoms with van der Waals surface area (Å²) in [4.78, 5) is 4.31. The maximum atomic E-state index is 9.68. The molecule has 0 heterocycles. The molecule has 0 saturated heterocycles. The second-order valence-corrected chi connectivity index (χ2v) is 5.66. The number of rotatable bonds is 8. The fourth-order valence-corrected chi connectivity index (χ4v) is 2.34. The van der Waals surface area contributed by atoms with Crippen LogP contribution in [-0.2, 0) is 17.8 Å². The fraction of sp³-hybridized carbons (Fsp3) is 0.211. The minimum atomic E-state index is -1.75. The molecule has 0 atom stereocenters. The molecule has 0 aliphatic heterocycles. The van der Waals surface area contributed by atoms with Gasteiger partial charge in [-0.25, -0.2) is 0 Å². The van der Waals surface area contributed by atoms with Crippen molar-refractivity contribution in [2.45, 2.75) is 20.0 Å². The van der Waals surface area contributed by atoms with Gasteiger partial charge in [0, 0.05) is 12.2 Å². The van der Waals surface area contributed by atoms with Crippen LogP contribution in [0.3, 0.4) is 0 Å². The van der Waals surface area contributed by atoms with Crippen LogP contribution in [0.1, 0.15) is 18.1 Å². The van der Waals surface area contributed by atoms with Gasteiger partial charge in [0.2, 0.25) is 0 Å². The Morgan fingerprint density at radius 1 is 1.00 bits per heavy atom. The maximum absolute atomic E-state index is 9.68. The van der Waals surface area contributed by atoms with Crippen LogP contribution in [0.4, 0.5) is 0 Å². The van der Waals surface area contributed by atoms with E-state index in [9.17, 15) is 10.0 Å². The second kappa shape index (κ2) is 9.66. The van der Waals surface area contributed by atoms with Gasteiger partial charge in [-0.15, -0.1) is 0 Å². The molecule has 6 heteroatoms. The molecule has 4 N–H and O–H groups in total. The number of ether oxygens (including phenoxy) is 1. The number of hydrogen-bond acceptors (Lipinski definition) is 5. The third-order valence-corrected chi connectivity index (χ3v) is 3.59. The largest absolute Gasteiger partial charge is 0.511 e. The highest BCUT2D eigenvalue weighted by atomic mass is 16.5. The number of hydrogen-bond donors (Lipinski definition) is 3. The van der Waals surface area contributed by atoms with Crippen LogP contribution in [0.15, 0.2) is 77.1 Å². The van der Waals surface area contributed by atoms with Gasteiger partial charge in [-0.1, -0.05) is 60.7 Å². The van der Waals surface area contributed by atoms with E-state index < -0.39 is 7.12 Å². The lowest BCUT2D eigenvalue weighted by molar-refractivity contribution is 0.214. The summed E-state index contributed by atoms with van der Waals surface area (Å²) in [5.41, 5.74) is 8.35. The first-order valence-corrected chi connectivity index (χ1v) is 8.15. The molecule has 0 aromatic heterocycles. The minimum absolute atomic E-state index is 0.0480. The highest BCUT2D eigenvalue weighted by Crippen LogP contribution is 2.11. The number of aliphatic imine (C=N–C) groups is 1. The molecule has 25 heavy (non-hydrogen) atoms. The van der Waals surface area contributed by atoms with Gasteiger partial charge >= 0.3 is 7.12 Å². The van der Waals surface area contributed by atoms with Crippen molar-refractivity contribution in [1.29, 1.82) is 0 Å². The van der Waals surface area contributed by atoms with Crippen molar-refractivity contribution in [3.8, 4) is 0 Å². The Balaban J connectivity index is 2.08. The summed E-state index contributed by atoms with van der Waals surface area (Å²) in [6.45, 7) is 2.33. The van der Waals surface area contributed by atoms with Crippen LogP contribution in [0.25, 0.3) is 0 Å². The smallest absolute Gasteiger partial charge is 0.486 e. The molecule has 0 bridgehead atoms. The standard InChI is InChI=1S/C19H23BN2O3/c1-15(21)18(25-14-17-10-6-3-7-11-17)19(20(23)24)22-13-12-16-8-4-2-5-9-16/h2-11,23-24H,12-14,21H2,1H3/b18-15+,22-19?. The normalized spacial score (nSPS) is 12.5. The quantitative estimate of drug-likeness (QED) is 0.391. The molecule has 0 radical (unpaired) electrons. The van der Waals surface area contributed by atoms with E-state index in [4.69, 9.17) is 10.5 Å². The maximum Gasteiger partial charge on any atom is 0.511 e. The molecule has 0 amide bonds. The van der Waals surface area contributed by atoms with E-state index in [-0.39, 0.29) is 18.0 Å². The van der Waals surface area contributed by atoms with E-state index in [1.54, 1.807) is 6.92 Å². The van der Waals surface area contributed by atoms with Gasteiger partial charge in [-0.2, -0.15) is 0 Å². The lowest BCUT2D eigenvalue weighted by atomic mass is 9.81. The average Bonchev–Trinajstić information content (AvgIpc) is 2.61. The van der Waals surface area contributed by atoms with E-state index in [0.29, 0.717) is 18.7 Å². The number of allylic oxidation sites excluding steroid dienone is 2. The first kappa shape index (κ1) is 18.8. The predicted molar refractivity (Wildman–Crippen MR) is 101 cm³/mol. The molecule has 2 aromatic carbocycles. The zero-order valence-corrected chi connectivity index (χ0v) is 14.3. The van der Waals surface area contributed by atoms with E-state index in [0.717, 1.165) is 11.1 Å². The third-order valence-electron chi connectivity index (χ3n) is 3.59. The summed E-state index contributed by atoms with van der Waals surface area (Å²) in [6.07, 6.45) is 0.687. The third kappa shape index (κ3) is 6.10. The van der Waals surface area contributed by atoms with Gasteiger partial charge in [0.25, 0.3) is 0 Å². The van der Waals surface area contributed by atoms with Crippen LogP contribution in [0, 0.1) is 0 Å². The van der Waals surface area contributed by atoms with E-state index in [2.05, 4.69) is 4.99 Å². The molecule has 5 nitrogen and oxygen atoms in total. The first-order chi connectivity index (χ1) is 12.1. The Morgan fingerprint density at radius 2 is 1.56 bits per heavy atom. The van der Waals surface area contributed by atoms with Gasteiger partial charge < -0.3 is 20.5 Å². The Morgan fingerprint density at radius 3 is 2.08 bits per heavy atom. The van der Waals surface area contributed by atoms with Crippen molar-refractivity contribution in [3.05, 3.63) is 83.2 Å². The summed E-state index contributed by atoms with van der Waals surface area (Å²) in [5, 5.41) is 19.4. The number of nitrogens with zero attached hydrogens (tertiary/aromatic N) is 1. The summed E-state index contributed by atoms with van der Waals surface area (Å²) in [6, 6.07) is 19.5. The van der Waals surface area contributed by atoms with Crippen LogP contribution in [0.5, 0.6) is 0 Å². The molecular weight excluding hydrogens is 315 g/mol. The molecule has 0 fully saturated rings. The zero-order chi connectivity index (χ0) is 18.1. The van der Waals surface area contributed by atoms with Crippen molar-refractivity contribution in [2.75, 3.05) is 6.54 Å². The van der Waals surface area contributed by atoms with E-state index in [1.807, 2.05) is 60.7 Å². The van der Waals surface area contributed by atoms with Crippen molar-refractivity contribution in [1.82, 2.24) is 0 Å². The number of benzene rings is 2. The van der Waals surface area contributed by atoms with Crippen LogP contribution >= 0.6 is 0 Å². The lowest BCUT2D eigenvalue weighted by Gasteiger charge is -2.15. The second-order valence-electron chi connectivity index (χ2n) is 5.66. The predicted octanol–water partition coefficient (Wildman–Crippen LogP) is 2.09. The van der Waals surface area contributed by atoms with Gasteiger partial charge in [0.05, 0.1) is 0 Å². The average molecular weight is 338 g/mol. The summed E-state index contributed by atoms with van der Waals surface area (Å²) >= 11 is 0. The van der Waals surface area contributed by atoms with E-state index >= 15 is 0 Å². The summed E-state index contributed by atoms with van der Waals surface area (Å²) in [5.74, 6) is 0.215.